The lowest BCUT2D eigenvalue weighted by molar-refractivity contribution is -0.00204. The van der Waals surface area contributed by atoms with Crippen LogP contribution in [0.4, 0.5) is 0 Å². The van der Waals surface area contributed by atoms with Gasteiger partial charge in [0, 0.05) is 26.2 Å². The number of carbonyl (C=O) groups excluding carboxylic acids is 1. The van der Waals surface area contributed by atoms with Gasteiger partial charge in [-0.3, -0.25) is 4.79 Å². The average molecular weight is 357 g/mol. The highest BCUT2D eigenvalue weighted by Crippen LogP contribution is 2.28. The molecule has 1 amide bonds. The number of carbonyl (C=O) groups is 1. The van der Waals surface area contributed by atoms with Crippen LogP contribution < -0.4 is 4.74 Å². The Morgan fingerprint density at radius 3 is 2.62 bits per heavy atom. The van der Waals surface area contributed by atoms with Gasteiger partial charge in [0.15, 0.2) is 5.69 Å². The second kappa shape index (κ2) is 7.05. The van der Waals surface area contributed by atoms with Crippen LogP contribution in [-0.4, -0.2) is 71.0 Å². The number of hydrogen-bond donors (Lipinski definition) is 0. The third-order valence-corrected chi connectivity index (χ3v) is 5.08. The van der Waals surface area contributed by atoms with Gasteiger partial charge in [0.1, 0.15) is 11.9 Å². The third-order valence-electron chi connectivity index (χ3n) is 5.08. The minimum Gasteiger partial charge on any atom is -0.497 e. The van der Waals surface area contributed by atoms with E-state index < -0.39 is 0 Å². The highest BCUT2D eigenvalue weighted by Gasteiger charge is 2.30. The number of benzene rings is 1. The van der Waals surface area contributed by atoms with Crippen molar-refractivity contribution in [3.8, 4) is 5.75 Å². The maximum atomic E-state index is 12.8. The molecule has 1 saturated heterocycles. The number of fused-ring (bicyclic) bond motifs is 1. The van der Waals surface area contributed by atoms with E-state index in [1.54, 1.807) is 11.8 Å². The first kappa shape index (κ1) is 17.0. The summed E-state index contributed by atoms with van der Waals surface area (Å²) in [4.78, 5) is 16.8. The smallest absolute Gasteiger partial charge is 0.276 e. The summed E-state index contributed by atoms with van der Waals surface area (Å²) in [5.74, 6) is 0.761. The van der Waals surface area contributed by atoms with E-state index in [4.69, 9.17) is 9.47 Å². The van der Waals surface area contributed by atoms with Gasteiger partial charge in [0.05, 0.1) is 26.0 Å². The molecule has 0 N–H and O–H groups in total. The summed E-state index contributed by atoms with van der Waals surface area (Å²) in [7, 11) is 3.71. The summed E-state index contributed by atoms with van der Waals surface area (Å²) < 4.78 is 13.0. The molecule has 4 rings (SSSR count). The number of likely N-dealkylation sites (N-methyl/N-ethyl adjacent to an activating group) is 1. The van der Waals surface area contributed by atoms with Crippen molar-refractivity contribution in [2.24, 2.45) is 0 Å². The maximum Gasteiger partial charge on any atom is 0.276 e. The van der Waals surface area contributed by atoms with E-state index in [1.807, 2.05) is 29.2 Å². The summed E-state index contributed by atoms with van der Waals surface area (Å²) in [5.41, 5.74) is 2.24. The minimum atomic E-state index is -0.110. The molecule has 3 heterocycles. The van der Waals surface area contributed by atoms with Gasteiger partial charge in [-0.05, 0) is 24.7 Å². The third kappa shape index (κ3) is 3.17. The number of methoxy groups -OCH3 is 1. The number of ether oxygens (including phenoxy) is 2. The lowest BCUT2D eigenvalue weighted by Crippen LogP contribution is -2.47. The van der Waals surface area contributed by atoms with Crippen LogP contribution in [0, 0.1) is 0 Å². The van der Waals surface area contributed by atoms with Crippen molar-refractivity contribution in [1.82, 2.24) is 24.8 Å². The van der Waals surface area contributed by atoms with Crippen LogP contribution in [0.15, 0.2) is 24.3 Å². The van der Waals surface area contributed by atoms with Crippen molar-refractivity contribution in [1.29, 1.82) is 0 Å². The molecule has 8 nitrogen and oxygen atoms in total. The number of aromatic nitrogens is 3. The molecule has 26 heavy (non-hydrogen) atoms. The fourth-order valence-corrected chi connectivity index (χ4v) is 3.36. The molecule has 0 aliphatic carbocycles. The Morgan fingerprint density at radius 1 is 1.19 bits per heavy atom. The van der Waals surface area contributed by atoms with Crippen molar-refractivity contribution < 1.29 is 14.3 Å². The Bertz CT molecular complexity index is 781. The van der Waals surface area contributed by atoms with Crippen LogP contribution in [-0.2, 0) is 17.9 Å². The molecule has 0 spiro atoms. The Labute approximate surface area is 152 Å². The van der Waals surface area contributed by atoms with E-state index in [-0.39, 0.29) is 12.0 Å². The van der Waals surface area contributed by atoms with Gasteiger partial charge in [0.2, 0.25) is 0 Å². The van der Waals surface area contributed by atoms with Crippen LogP contribution in [0.1, 0.15) is 27.8 Å². The molecule has 2 aliphatic heterocycles. The number of piperazine rings is 1. The molecule has 1 fully saturated rings. The average Bonchev–Trinajstić information content (AvgIpc) is 3.11. The fraction of sp³-hybridized carbons (Fsp3) is 0.500. The van der Waals surface area contributed by atoms with Crippen LogP contribution in [0.25, 0.3) is 0 Å². The van der Waals surface area contributed by atoms with E-state index >= 15 is 0 Å². The highest BCUT2D eigenvalue weighted by atomic mass is 16.5. The largest absolute Gasteiger partial charge is 0.497 e. The zero-order valence-corrected chi connectivity index (χ0v) is 15.1. The van der Waals surface area contributed by atoms with Gasteiger partial charge in [-0.25, -0.2) is 4.68 Å². The number of amides is 1. The lowest BCUT2D eigenvalue weighted by Gasteiger charge is -2.32. The summed E-state index contributed by atoms with van der Waals surface area (Å²) >= 11 is 0. The molecule has 0 saturated carbocycles. The van der Waals surface area contributed by atoms with Gasteiger partial charge in [0.25, 0.3) is 5.91 Å². The van der Waals surface area contributed by atoms with Crippen LogP contribution in [0.5, 0.6) is 5.75 Å². The molecule has 1 atom stereocenters. The Morgan fingerprint density at radius 2 is 1.92 bits per heavy atom. The topological polar surface area (TPSA) is 72.7 Å². The summed E-state index contributed by atoms with van der Waals surface area (Å²) in [6.45, 7) is 4.08. The predicted octanol–water partition coefficient (Wildman–Crippen LogP) is 0.946. The SMILES string of the molecule is COc1ccc([C@H]2Cn3nnc(C(=O)N4CCN(C)CC4)c3CO2)cc1. The second-order valence-electron chi connectivity index (χ2n) is 6.74. The first-order valence-electron chi connectivity index (χ1n) is 8.81. The number of hydrogen-bond acceptors (Lipinski definition) is 6. The van der Waals surface area contributed by atoms with E-state index in [0.717, 1.165) is 43.2 Å². The standard InChI is InChI=1S/C18H23N5O3/c1-21-7-9-22(10-8-21)18(24)17-15-12-26-16(11-23(15)20-19-17)13-3-5-14(25-2)6-4-13/h3-6,16H,7-12H2,1-2H3/t16-/m1/s1. The van der Waals surface area contributed by atoms with Crippen LogP contribution >= 0.6 is 0 Å². The second-order valence-corrected chi connectivity index (χ2v) is 6.74. The first-order valence-corrected chi connectivity index (χ1v) is 8.81. The minimum absolute atomic E-state index is 0.0501. The quantitative estimate of drug-likeness (QED) is 0.814. The van der Waals surface area contributed by atoms with Gasteiger partial charge in [-0.15, -0.1) is 5.10 Å². The first-order chi connectivity index (χ1) is 12.7. The molecule has 1 aromatic carbocycles. The Hall–Kier alpha value is -2.45. The molecule has 8 heteroatoms. The zero-order valence-electron chi connectivity index (χ0n) is 15.1. The van der Waals surface area contributed by atoms with E-state index in [9.17, 15) is 4.79 Å². The lowest BCUT2D eigenvalue weighted by atomic mass is 10.1. The van der Waals surface area contributed by atoms with E-state index in [0.29, 0.717) is 18.8 Å². The number of rotatable bonds is 3. The van der Waals surface area contributed by atoms with Gasteiger partial charge < -0.3 is 19.3 Å². The highest BCUT2D eigenvalue weighted by molar-refractivity contribution is 5.93. The molecule has 138 valence electrons. The van der Waals surface area contributed by atoms with E-state index in [2.05, 4.69) is 22.3 Å². The number of nitrogens with zero attached hydrogens (tertiary/aromatic N) is 5. The molecule has 0 unspecified atom stereocenters. The molecule has 1 aromatic heterocycles. The summed E-state index contributed by atoms with van der Waals surface area (Å²) in [6, 6.07) is 7.80. The van der Waals surface area contributed by atoms with Crippen molar-refractivity contribution in [2.75, 3.05) is 40.3 Å². The van der Waals surface area contributed by atoms with Gasteiger partial charge in [-0.1, -0.05) is 17.3 Å². The molecular formula is C18H23N5O3. The van der Waals surface area contributed by atoms with Crippen molar-refractivity contribution in [3.05, 3.63) is 41.2 Å². The predicted molar refractivity (Wildman–Crippen MR) is 93.9 cm³/mol. The monoisotopic (exact) mass is 357 g/mol. The summed E-state index contributed by atoms with van der Waals surface area (Å²) in [5, 5.41) is 8.36. The van der Waals surface area contributed by atoms with Crippen molar-refractivity contribution in [3.63, 3.8) is 0 Å². The summed E-state index contributed by atoms with van der Waals surface area (Å²) in [6.07, 6.45) is -0.110. The molecular weight excluding hydrogens is 334 g/mol. The normalized spacial score (nSPS) is 20.7. The Balaban J connectivity index is 1.48. The van der Waals surface area contributed by atoms with Crippen molar-refractivity contribution >= 4 is 5.91 Å². The molecule has 2 aliphatic rings. The van der Waals surface area contributed by atoms with Gasteiger partial charge >= 0.3 is 0 Å². The molecule has 0 bridgehead atoms. The zero-order chi connectivity index (χ0) is 18.1. The maximum absolute atomic E-state index is 12.8. The molecule has 0 radical (unpaired) electrons. The Kier molecular flexibility index (Phi) is 4.60. The van der Waals surface area contributed by atoms with Crippen LogP contribution in [0.2, 0.25) is 0 Å². The molecule has 2 aromatic rings. The van der Waals surface area contributed by atoms with Gasteiger partial charge in [-0.2, -0.15) is 0 Å². The van der Waals surface area contributed by atoms with E-state index in [1.165, 1.54) is 0 Å². The fourth-order valence-electron chi connectivity index (χ4n) is 3.36. The van der Waals surface area contributed by atoms with Crippen LogP contribution in [0.3, 0.4) is 0 Å². The van der Waals surface area contributed by atoms with Crippen molar-refractivity contribution in [2.45, 2.75) is 19.3 Å².